The number of hydrogen-bond acceptors (Lipinski definition) is 3. The largest absolute Gasteiger partial charge is 0.466 e. The second kappa shape index (κ2) is 9.21. The van der Waals surface area contributed by atoms with Crippen molar-refractivity contribution in [1.82, 2.24) is 0 Å². The second-order valence-corrected chi connectivity index (χ2v) is 5.49. The highest BCUT2D eigenvalue weighted by Crippen LogP contribution is 2.25. The van der Waals surface area contributed by atoms with Crippen molar-refractivity contribution in [3.63, 3.8) is 0 Å². The molecule has 0 aromatic heterocycles. The van der Waals surface area contributed by atoms with Gasteiger partial charge in [0, 0.05) is 17.4 Å². The van der Waals surface area contributed by atoms with Crippen LogP contribution in [0.2, 0.25) is 5.02 Å². The third-order valence-electron chi connectivity index (χ3n) is 2.61. The fourth-order valence-electron chi connectivity index (χ4n) is 1.66. The van der Waals surface area contributed by atoms with Crippen LogP contribution in [0.1, 0.15) is 32.6 Å². The molecule has 0 unspecified atom stereocenters. The monoisotopic (exact) mass is 347 g/mol. The predicted octanol–water partition coefficient (Wildman–Crippen LogP) is 4.64. The summed E-state index contributed by atoms with van der Waals surface area (Å²) in [7, 11) is 0. The van der Waals surface area contributed by atoms with Crippen LogP contribution in [0.15, 0.2) is 22.7 Å². The van der Waals surface area contributed by atoms with E-state index in [2.05, 4.69) is 21.2 Å². The summed E-state index contributed by atoms with van der Waals surface area (Å²) in [4.78, 5) is 11.1. The first-order valence-corrected chi connectivity index (χ1v) is 7.65. The number of esters is 1. The Labute approximate surface area is 127 Å². The van der Waals surface area contributed by atoms with Gasteiger partial charge >= 0.3 is 5.97 Å². The average molecular weight is 349 g/mol. The predicted molar refractivity (Wildman–Crippen MR) is 82.7 cm³/mol. The maximum Gasteiger partial charge on any atom is 0.305 e. The molecule has 0 bridgehead atoms. The van der Waals surface area contributed by atoms with Gasteiger partial charge in [0.1, 0.15) is 0 Å². The molecule has 0 fully saturated rings. The van der Waals surface area contributed by atoms with Gasteiger partial charge in [0.05, 0.1) is 17.3 Å². The Bertz CT molecular complexity index is 412. The van der Waals surface area contributed by atoms with Gasteiger partial charge in [0.25, 0.3) is 0 Å². The summed E-state index contributed by atoms with van der Waals surface area (Å²) < 4.78 is 5.87. The van der Waals surface area contributed by atoms with Crippen LogP contribution in [0.4, 0.5) is 5.69 Å². The number of nitrogens with one attached hydrogen (secondary N) is 1. The summed E-state index contributed by atoms with van der Waals surface area (Å²) >= 11 is 9.48. The third kappa shape index (κ3) is 6.83. The van der Waals surface area contributed by atoms with Crippen molar-refractivity contribution in [1.29, 1.82) is 0 Å². The minimum absolute atomic E-state index is 0.106. The van der Waals surface area contributed by atoms with Gasteiger partial charge in [-0.15, -0.1) is 0 Å². The molecule has 0 spiro atoms. The fraction of sp³-hybridized carbons (Fsp3) is 0.500. The van der Waals surface area contributed by atoms with Gasteiger partial charge in [-0.3, -0.25) is 4.79 Å². The fourth-order valence-corrected chi connectivity index (χ4v) is 2.21. The van der Waals surface area contributed by atoms with Crippen LogP contribution in [0.25, 0.3) is 0 Å². The van der Waals surface area contributed by atoms with Crippen molar-refractivity contribution >= 4 is 39.2 Å². The lowest BCUT2D eigenvalue weighted by Crippen LogP contribution is -2.05. The lowest BCUT2D eigenvalue weighted by molar-refractivity contribution is -0.143. The molecule has 0 radical (unpaired) electrons. The number of ether oxygens (including phenoxy) is 1. The van der Waals surface area contributed by atoms with Crippen LogP contribution < -0.4 is 5.32 Å². The second-order valence-electron chi connectivity index (χ2n) is 4.17. The first-order valence-electron chi connectivity index (χ1n) is 6.48. The molecule has 0 saturated heterocycles. The molecule has 3 nitrogen and oxygen atoms in total. The molecule has 106 valence electrons. The number of benzene rings is 1. The molecule has 1 aromatic carbocycles. The van der Waals surface area contributed by atoms with Gasteiger partial charge in [-0.05, 0) is 38.0 Å². The summed E-state index contributed by atoms with van der Waals surface area (Å²) in [6, 6.07) is 5.72. The van der Waals surface area contributed by atoms with E-state index >= 15 is 0 Å². The van der Waals surface area contributed by atoms with E-state index in [4.69, 9.17) is 16.3 Å². The molecule has 0 amide bonds. The number of carbonyl (C=O) groups excluding carboxylic acids is 1. The highest BCUT2D eigenvalue weighted by atomic mass is 79.9. The molecule has 1 N–H and O–H groups in total. The van der Waals surface area contributed by atoms with Crippen molar-refractivity contribution in [3.8, 4) is 0 Å². The van der Waals surface area contributed by atoms with Gasteiger partial charge in [-0.1, -0.05) is 34.0 Å². The lowest BCUT2D eigenvalue weighted by atomic mass is 10.2. The van der Waals surface area contributed by atoms with Crippen molar-refractivity contribution in [2.24, 2.45) is 0 Å². The molecule has 0 atom stereocenters. The summed E-state index contributed by atoms with van der Waals surface area (Å²) in [5.74, 6) is -0.106. The maximum absolute atomic E-state index is 11.1. The molecule has 5 heteroatoms. The van der Waals surface area contributed by atoms with Crippen molar-refractivity contribution in [3.05, 3.63) is 27.7 Å². The highest BCUT2D eigenvalue weighted by Gasteiger charge is 2.02. The number of rotatable bonds is 8. The molecule has 19 heavy (non-hydrogen) atoms. The number of halogens is 2. The number of hydrogen-bond donors (Lipinski definition) is 1. The lowest BCUT2D eigenvalue weighted by Gasteiger charge is -2.08. The van der Waals surface area contributed by atoms with E-state index in [0.717, 1.165) is 41.0 Å². The van der Waals surface area contributed by atoms with E-state index in [1.165, 1.54) is 0 Å². The van der Waals surface area contributed by atoms with Gasteiger partial charge in [-0.25, -0.2) is 0 Å². The smallest absolute Gasteiger partial charge is 0.305 e. The van der Waals surface area contributed by atoms with Crippen LogP contribution in [0, 0.1) is 0 Å². The number of unbranched alkanes of at least 4 members (excludes halogenated alkanes) is 2. The zero-order valence-corrected chi connectivity index (χ0v) is 13.4. The Morgan fingerprint density at radius 1 is 1.37 bits per heavy atom. The van der Waals surface area contributed by atoms with Gasteiger partial charge in [0.2, 0.25) is 0 Å². The summed E-state index contributed by atoms with van der Waals surface area (Å²) in [5, 5.41) is 4.01. The van der Waals surface area contributed by atoms with Crippen molar-refractivity contribution in [2.75, 3.05) is 18.5 Å². The van der Waals surface area contributed by atoms with Crippen LogP contribution in [0.5, 0.6) is 0 Å². The molecule has 1 aromatic rings. The Hall–Kier alpha value is -0.740. The zero-order valence-electron chi connectivity index (χ0n) is 11.0. The van der Waals surface area contributed by atoms with Crippen molar-refractivity contribution < 1.29 is 9.53 Å². The summed E-state index contributed by atoms with van der Waals surface area (Å²) in [6.07, 6.45) is 3.37. The van der Waals surface area contributed by atoms with Crippen molar-refractivity contribution in [2.45, 2.75) is 32.6 Å². The number of anilines is 1. The molecule has 0 heterocycles. The zero-order chi connectivity index (χ0) is 14.1. The quantitative estimate of drug-likeness (QED) is 0.549. The molecule has 0 saturated carbocycles. The minimum Gasteiger partial charge on any atom is -0.466 e. The Balaban J connectivity index is 2.14. The molecule has 1 rings (SSSR count). The van der Waals surface area contributed by atoms with E-state index in [0.29, 0.717) is 13.0 Å². The van der Waals surface area contributed by atoms with Crippen LogP contribution in [-0.4, -0.2) is 19.1 Å². The first-order chi connectivity index (χ1) is 9.13. The third-order valence-corrected chi connectivity index (χ3v) is 3.43. The highest BCUT2D eigenvalue weighted by molar-refractivity contribution is 9.10. The molecular formula is C14H19BrClNO2. The van der Waals surface area contributed by atoms with Gasteiger partial charge in [0.15, 0.2) is 0 Å². The van der Waals surface area contributed by atoms with Crippen LogP contribution in [-0.2, 0) is 9.53 Å². The maximum atomic E-state index is 11.1. The minimum atomic E-state index is -0.106. The molecular weight excluding hydrogens is 330 g/mol. The first kappa shape index (κ1) is 16.3. The SMILES string of the molecule is CCOC(=O)CCCCCNc1cc(Br)ccc1Cl. The Morgan fingerprint density at radius 3 is 2.89 bits per heavy atom. The molecule has 0 aliphatic carbocycles. The van der Waals surface area contributed by atoms with E-state index in [-0.39, 0.29) is 5.97 Å². The van der Waals surface area contributed by atoms with Gasteiger partial charge in [-0.2, -0.15) is 0 Å². The molecule has 0 aliphatic rings. The van der Waals surface area contributed by atoms with Gasteiger partial charge < -0.3 is 10.1 Å². The van der Waals surface area contributed by atoms with E-state index in [9.17, 15) is 4.79 Å². The normalized spacial score (nSPS) is 10.3. The Kier molecular flexibility index (Phi) is 7.91. The summed E-state index contributed by atoms with van der Waals surface area (Å²) in [5.41, 5.74) is 0.932. The standard InChI is InChI=1S/C14H19BrClNO2/c1-2-19-14(18)6-4-3-5-9-17-13-10-11(15)7-8-12(13)16/h7-8,10,17H,2-6,9H2,1H3. The summed E-state index contributed by atoms with van der Waals surface area (Å²) in [6.45, 7) is 3.13. The van der Waals surface area contributed by atoms with E-state index in [1.807, 2.05) is 25.1 Å². The van der Waals surface area contributed by atoms with E-state index in [1.54, 1.807) is 0 Å². The topological polar surface area (TPSA) is 38.3 Å². The van der Waals surface area contributed by atoms with Crippen LogP contribution >= 0.6 is 27.5 Å². The van der Waals surface area contributed by atoms with Crippen LogP contribution in [0.3, 0.4) is 0 Å². The average Bonchev–Trinajstić information content (AvgIpc) is 2.38. The van der Waals surface area contributed by atoms with E-state index < -0.39 is 0 Å². The molecule has 0 aliphatic heterocycles. The number of carbonyl (C=O) groups is 1. The Morgan fingerprint density at radius 2 is 2.16 bits per heavy atom.